The van der Waals surface area contributed by atoms with Gasteiger partial charge in [-0.15, -0.1) is 0 Å². The Hall–Kier alpha value is 0.710. The van der Waals surface area contributed by atoms with E-state index >= 15 is 0 Å². The van der Waals surface area contributed by atoms with Crippen LogP contribution >= 0.6 is 30.3 Å². The predicted molar refractivity (Wildman–Crippen MR) is 49.1 cm³/mol. The van der Waals surface area contributed by atoms with Gasteiger partial charge in [0.25, 0.3) is 0 Å². The quantitative estimate of drug-likeness (QED) is 0.530. The van der Waals surface area contributed by atoms with Gasteiger partial charge in [-0.3, -0.25) is 0 Å². The molecule has 1 fully saturated rings. The molecule has 0 aromatic heterocycles. The molecule has 0 saturated carbocycles. The summed E-state index contributed by atoms with van der Waals surface area (Å²) in [5.41, 5.74) is 1.29. The van der Waals surface area contributed by atoms with Crippen LogP contribution in [0.15, 0.2) is 4.40 Å². The highest BCUT2D eigenvalue weighted by molar-refractivity contribution is 14.2. The van der Waals surface area contributed by atoms with Crippen LogP contribution in [-0.2, 0) is 4.74 Å². The minimum absolute atomic E-state index is 0.857. The zero-order chi connectivity index (χ0) is 6.53. The van der Waals surface area contributed by atoms with Crippen LogP contribution in [0, 0.1) is 0 Å². The summed E-state index contributed by atoms with van der Waals surface area (Å²) < 4.78 is 9.38. The van der Waals surface area contributed by atoms with E-state index in [1.807, 2.05) is 0 Å². The van der Waals surface area contributed by atoms with Crippen LogP contribution in [0.4, 0.5) is 0 Å². The van der Waals surface area contributed by atoms with E-state index in [9.17, 15) is 0 Å². The molecule has 1 aliphatic heterocycles. The Balaban J connectivity index is 2.30. The van der Waals surface area contributed by atoms with Crippen molar-refractivity contribution in [3.63, 3.8) is 0 Å². The van der Waals surface area contributed by atoms with Crippen LogP contribution in [0.5, 0.6) is 0 Å². The molecular weight excluding hydrogens is 249 g/mol. The van der Waals surface area contributed by atoms with Gasteiger partial charge in [0.15, 0.2) is 0 Å². The molecular formula is C5H8INOS. The maximum Gasteiger partial charge on any atom is 0.0518 e. The van der Waals surface area contributed by atoms with Crippen molar-refractivity contribution in [2.75, 3.05) is 13.2 Å². The Morgan fingerprint density at radius 1 is 1.44 bits per heavy atom. The molecule has 1 heterocycles. The fourth-order valence-corrected chi connectivity index (χ4v) is 1.86. The van der Waals surface area contributed by atoms with Gasteiger partial charge in [-0.05, 0) is 0 Å². The Morgan fingerprint density at radius 2 is 2.11 bits per heavy atom. The second-order valence-corrected chi connectivity index (χ2v) is 3.34. The summed E-state index contributed by atoms with van der Waals surface area (Å²) in [5.74, 6) is 0. The first-order chi connectivity index (χ1) is 4.43. The van der Waals surface area contributed by atoms with Gasteiger partial charge < -0.3 is 4.74 Å². The molecule has 0 aromatic rings. The third kappa shape index (κ3) is 2.86. The maximum absolute atomic E-state index is 5.15. The second kappa shape index (κ2) is 4.51. The summed E-state index contributed by atoms with van der Waals surface area (Å²) in [6.07, 6.45) is 2.05. The fraction of sp³-hybridized carbons (Fsp3) is 0.800. The lowest BCUT2D eigenvalue weighted by Crippen LogP contribution is -2.14. The highest BCUT2D eigenvalue weighted by atomic mass is 127. The average molecular weight is 257 g/mol. The van der Waals surface area contributed by atoms with Gasteiger partial charge in [0.2, 0.25) is 0 Å². The number of hydrogen-bond acceptors (Lipinski definition) is 3. The summed E-state index contributed by atoms with van der Waals surface area (Å²) in [7, 11) is 1.51. The Kier molecular flexibility index (Phi) is 3.92. The van der Waals surface area contributed by atoms with E-state index in [4.69, 9.17) is 4.74 Å². The molecule has 0 atom stereocenters. The largest absolute Gasteiger partial charge is 0.381 e. The van der Waals surface area contributed by atoms with E-state index in [1.165, 1.54) is 14.8 Å². The Bertz CT molecular complexity index is 110. The van der Waals surface area contributed by atoms with Crippen molar-refractivity contribution >= 4 is 36.0 Å². The van der Waals surface area contributed by atoms with Gasteiger partial charge in [0, 0.05) is 48.9 Å². The van der Waals surface area contributed by atoms with E-state index in [-0.39, 0.29) is 0 Å². The summed E-state index contributed by atoms with van der Waals surface area (Å²) in [6, 6.07) is 0. The van der Waals surface area contributed by atoms with Crippen LogP contribution in [0.2, 0.25) is 0 Å². The van der Waals surface area contributed by atoms with E-state index in [1.54, 1.807) is 0 Å². The lowest BCUT2D eigenvalue weighted by molar-refractivity contribution is 0.135. The van der Waals surface area contributed by atoms with Crippen molar-refractivity contribution in [1.82, 2.24) is 0 Å². The fourth-order valence-electron chi connectivity index (χ4n) is 0.747. The molecule has 0 radical (unpaired) electrons. The van der Waals surface area contributed by atoms with Gasteiger partial charge in [0.1, 0.15) is 0 Å². The molecule has 0 unspecified atom stereocenters. The van der Waals surface area contributed by atoms with Crippen LogP contribution in [0.25, 0.3) is 0 Å². The lowest BCUT2D eigenvalue weighted by atomic mass is 10.2. The van der Waals surface area contributed by atoms with Gasteiger partial charge in [-0.25, -0.2) is 4.40 Å². The molecule has 0 aromatic carbocycles. The maximum atomic E-state index is 5.15. The molecule has 2 nitrogen and oxygen atoms in total. The number of hydrogen-bond donors (Lipinski definition) is 0. The molecule has 0 N–H and O–H groups in total. The number of rotatable bonds is 1. The second-order valence-electron chi connectivity index (χ2n) is 1.84. The lowest BCUT2D eigenvalue weighted by Gasteiger charge is -2.11. The molecule has 1 rings (SSSR count). The minimum Gasteiger partial charge on any atom is -0.381 e. The smallest absolute Gasteiger partial charge is 0.0518 e. The number of ether oxygens (including phenoxy) is 1. The normalized spacial score (nSPS) is 19.9. The summed E-state index contributed by atoms with van der Waals surface area (Å²) in [6.45, 7) is 1.71. The van der Waals surface area contributed by atoms with E-state index in [2.05, 4.69) is 25.6 Å². The van der Waals surface area contributed by atoms with Crippen molar-refractivity contribution in [2.24, 2.45) is 4.40 Å². The van der Waals surface area contributed by atoms with Gasteiger partial charge in [-0.1, -0.05) is 0 Å². The third-order valence-electron chi connectivity index (χ3n) is 1.23. The zero-order valence-electron chi connectivity index (χ0n) is 4.97. The van der Waals surface area contributed by atoms with Crippen LogP contribution in [-0.4, -0.2) is 18.9 Å². The van der Waals surface area contributed by atoms with Crippen LogP contribution < -0.4 is 0 Å². The zero-order valence-corrected chi connectivity index (χ0v) is 7.94. The van der Waals surface area contributed by atoms with Gasteiger partial charge in [0.05, 0.1) is 13.2 Å². The monoisotopic (exact) mass is 257 g/mol. The molecule has 0 aliphatic carbocycles. The van der Waals surface area contributed by atoms with Gasteiger partial charge in [-0.2, -0.15) is 0 Å². The summed E-state index contributed by atoms with van der Waals surface area (Å²) in [5, 5.41) is 0. The topological polar surface area (TPSA) is 21.6 Å². The molecule has 52 valence electrons. The Morgan fingerprint density at radius 3 is 2.67 bits per heavy atom. The van der Waals surface area contributed by atoms with Crippen molar-refractivity contribution in [3.05, 3.63) is 0 Å². The molecule has 0 amide bonds. The first kappa shape index (κ1) is 7.81. The van der Waals surface area contributed by atoms with Crippen LogP contribution in [0.1, 0.15) is 12.8 Å². The summed E-state index contributed by atoms with van der Waals surface area (Å²) >= 11 is 2.18. The van der Waals surface area contributed by atoms with Crippen molar-refractivity contribution in [1.29, 1.82) is 0 Å². The number of halogens is 1. The van der Waals surface area contributed by atoms with Crippen molar-refractivity contribution < 1.29 is 4.74 Å². The summed E-state index contributed by atoms with van der Waals surface area (Å²) in [4.78, 5) is 0. The predicted octanol–water partition coefficient (Wildman–Crippen LogP) is 2.24. The standard InChI is InChI=1S/C5H8INOS/c6-9-7-5-1-3-8-4-2-5/h1-4H2. The van der Waals surface area contributed by atoms with E-state index < -0.39 is 0 Å². The first-order valence-electron chi connectivity index (χ1n) is 2.84. The van der Waals surface area contributed by atoms with Crippen molar-refractivity contribution in [2.45, 2.75) is 12.8 Å². The molecule has 9 heavy (non-hydrogen) atoms. The molecule has 0 bridgehead atoms. The van der Waals surface area contributed by atoms with Crippen molar-refractivity contribution in [3.8, 4) is 0 Å². The molecule has 1 saturated heterocycles. The van der Waals surface area contributed by atoms with Crippen LogP contribution in [0.3, 0.4) is 0 Å². The van der Waals surface area contributed by atoms with Gasteiger partial charge >= 0.3 is 0 Å². The Labute approximate surface area is 71.2 Å². The molecule has 4 heteroatoms. The van der Waals surface area contributed by atoms with E-state index in [0.29, 0.717) is 0 Å². The number of nitrogens with zero attached hydrogens (tertiary/aromatic N) is 1. The minimum atomic E-state index is 0.857. The highest BCUT2D eigenvalue weighted by Crippen LogP contribution is 2.15. The molecule has 1 aliphatic rings. The molecule has 0 spiro atoms. The highest BCUT2D eigenvalue weighted by Gasteiger charge is 2.05. The SMILES string of the molecule is ISN=C1CCOCC1. The average Bonchev–Trinajstić information content (AvgIpc) is 1.91. The first-order valence-corrected chi connectivity index (χ1v) is 6.16. The third-order valence-corrected chi connectivity index (χ3v) is 2.15. The van der Waals surface area contributed by atoms with E-state index in [0.717, 1.165) is 26.1 Å².